The maximum absolute atomic E-state index is 13.9. The summed E-state index contributed by atoms with van der Waals surface area (Å²) in [6.45, 7) is 6.03. The molecule has 0 radical (unpaired) electrons. The van der Waals surface area contributed by atoms with Crippen molar-refractivity contribution in [2.24, 2.45) is 11.8 Å². The summed E-state index contributed by atoms with van der Waals surface area (Å²) in [5.41, 5.74) is 0. The van der Waals surface area contributed by atoms with Crippen LogP contribution in [-0.2, 0) is 0 Å². The summed E-state index contributed by atoms with van der Waals surface area (Å²) in [7, 11) is 0. The quantitative estimate of drug-likeness (QED) is 0.902. The van der Waals surface area contributed by atoms with Gasteiger partial charge >= 0.3 is 0 Å². The molecule has 2 nitrogen and oxygen atoms in total. The molecule has 0 saturated carbocycles. The van der Waals surface area contributed by atoms with Crippen LogP contribution >= 0.6 is 23.2 Å². The van der Waals surface area contributed by atoms with Crippen molar-refractivity contribution in [2.75, 3.05) is 13.1 Å². The van der Waals surface area contributed by atoms with Gasteiger partial charge in [-0.1, -0.05) is 37.0 Å². The molecule has 2 rings (SSSR count). The van der Waals surface area contributed by atoms with Crippen molar-refractivity contribution in [1.82, 2.24) is 5.32 Å². The SMILES string of the molecule is CC(C)C(Oc1c(F)cc(Cl)cc1Cl)C1CCNC1. The largest absolute Gasteiger partial charge is 0.485 e. The first-order chi connectivity index (χ1) is 8.99. The molecule has 0 aliphatic carbocycles. The van der Waals surface area contributed by atoms with E-state index in [2.05, 4.69) is 19.2 Å². The van der Waals surface area contributed by atoms with Gasteiger partial charge in [0.25, 0.3) is 0 Å². The molecule has 1 aliphatic rings. The smallest absolute Gasteiger partial charge is 0.174 e. The Labute approximate surface area is 123 Å². The Bertz CT molecular complexity index is 424. The molecule has 1 aromatic carbocycles. The van der Waals surface area contributed by atoms with Crippen LogP contribution < -0.4 is 10.1 Å². The second-order valence-corrected chi connectivity index (χ2v) is 6.12. The lowest BCUT2D eigenvalue weighted by atomic mass is 9.92. The van der Waals surface area contributed by atoms with Gasteiger partial charge in [-0.2, -0.15) is 0 Å². The lowest BCUT2D eigenvalue weighted by Gasteiger charge is -2.28. The van der Waals surface area contributed by atoms with E-state index in [0.29, 0.717) is 5.92 Å². The normalized spacial score (nSPS) is 20.8. The Morgan fingerprint density at radius 3 is 2.63 bits per heavy atom. The van der Waals surface area contributed by atoms with Crippen LogP contribution in [-0.4, -0.2) is 19.2 Å². The molecule has 1 saturated heterocycles. The molecule has 1 fully saturated rings. The van der Waals surface area contributed by atoms with Gasteiger partial charge in [-0.25, -0.2) is 4.39 Å². The van der Waals surface area contributed by atoms with Gasteiger partial charge < -0.3 is 10.1 Å². The minimum Gasteiger partial charge on any atom is -0.485 e. The van der Waals surface area contributed by atoms with Gasteiger partial charge in [-0.3, -0.25) is 0 Å². The van der Waals surface area contributed by atoms with Crippen LogP contribution in [0.5, 0.6) is 5.75 Å². The van der Waals surface area contributed by atoms with Crippen LogP contribution in [0.4, 0.5) is 4.39 Å². The van der Waals surface area contributed by atoms with E-state index >= 15 is 0 Å². The van der Waals surface area contributed by atoms with Gasteiger partial charge in [-0.05, 0) is 31.0 Å². The number of rotatable bonds is 4. The van der Waals surface area contributed by atoms with Gasteiger partial charge in [0.1, 0.15) is 6.10 Å². The summed E-state index contributed by atoms with van der Waals surface area (Å²) in [5.74, 6) is 0.271. The Morgan fingerprint density at radius 2 is 2.11 bits per heavy atom. The highest BCUT2D eigenvalue weighted by Gasteiger charge is 2.30. The van der Waals surface area contributed by atoms with E-state index in [-0.39, 0.29) is 27.8 Å². The predicted molar refractivity (Wildman–Crippen MR) is 76.7 cm³/mol. The van der Waals surface area contributed by atoms with E-state index in [0.717, 1.165) is 19.5 Å². The molecule has 1 aliphatic heterocycles. The Kier molecular flexibility index (Phi) is 4.93. The fraction of sp³-hybridized carbons (Fsp3) is 0.571. The average Bonchev–Trinajstić information content (AvgIpc) is 2.80. The van der Waals surface area contributed by atoms with Crippen molar-refractivity contribution in [3.8, 4) is 5.75 Å². The third-order valence-electron chi connectivity index (χ3n) is 3.44. The fourth-order valence-corrected chi connectivity index (χ4v) is 3.02. The summed E-state index contributed by atoms with van der Waals surface area (Å²) in [4.78, 5) is 0. The van der Waals surface area contributed by atoms with Crippen molar-refractivity contribution in [3.05, 3.63) is 28.0 Å². The zero-order valence-corrected chi connectivity index (χ0v) is 12.6. The molecule has 5 heteroatoms. The average molecular weight is 306 g/mol. The van der Waals surface area contributed by atoms with E-state index in [4.69, 9.17) is 27.9 Å². The minimum absolute atomic E-state index is 0.0526. The predicted octanol–water partition coefficient (Wildman–Crippen LogP) is 4.15. The first kappa shape index (κ1) is 14.9. The van der Waals surface area contributed by atoms with Gasteiger partial charge in [-0.15, -0.1) is 0 Å². The monoisotopic (exact) mass is 305 g/mol. The van der Waals surface area contributed by atoms with E-state index in [1.54, 1.807) is 0 Å². The Hall–Kier alpha value is -0.510. The summed E-state index contributed by atoms with van der Waals surface area (Å²) < 4.78 is 19.8. The molecule has 1 heterocycles. The van der Waals surface area contributed by atoms with Crippen molar-refractivity contribution in [2.45, 2.75) is 26.4 Å². The summed E-state index contributed by atoms with van der Waals surface area (Å²) in [6, 6.07) is 2.73. The van der Waals surface area contributed by atoms with Gasteiger partial charge in [0.2, 0.25) is 0 Å². The zero-order chi connectivity index (χ0) is 14.0. The van der Waals surface area contributed by atoms with E-state index in [1.807, 2.05) is 0 Å². The maximum Gasteiger partial charge on any atom is 0.174 e. The number of nitrogens with one attached hydrogen (secondary N) is 1. The Morgan fingerprint density at radius 1 is 1.37 bits per heavy atom. The highest BCUT2D eigenvalue weighted by molar-refractivity contribution is 6.35. The molecule has 106 valence electrons. The molecule has 19 heavy (non-hydrogen) atoms. The number of benzene rings is 1. The topological polar surface area (TPSA) is 21.3 Å². The van der Waals surface area contributed by atoms with Crippen molar-refractivity contribution in [3.63, 3.8) is 0 Å². The third-order valence-corrected chi connectivity index (χ3v) is 3.94. The molecule has 0 amide bonds. The van der Waals surface area contributed by atoms with Crippen LogP contribution in [0.25, 0.3) is 0 Å². The van der Waals surface area contributed by atoms with Crippen molar-refractivity contribution in [1.29, 1.82) is 0 Å². The van der Waals surface area contributed by atoms with Crippen LogP contribution in [0, 0.1) is 17.7 Å². The summed E-state index contributed by atoms with van der Waals surface area (Å²) in [6.07, 6.45) is 0.985. The van der Waals surface area contributed by atoms with Crippen molar-refractivity contribution < 1.29 is 9.13 Å². The minimum atomic E-state index is -0.505. The first-order valence-corrected chi connectivity index (χ1v) is 7.26. The highest BCUT2D eigenvalue weighted by atomic mass is 35.5. The molecule has 2 unspecified atom stereocenters. The van der Waals surface area contributed by atoms with E-state index in [1.165, 1.54) is 12.1 Å². The summed E-state index contributed by atoms with van der Waals surface area (Å²) in [5, 5.41) is 3.80. The Balaban J connectivity index is 2.21. The number of hydrogen-bond acceptors (Lipinski definition) is 2. The van der Waals surface area contributed by atoms with E-state index in [9.17, 15) is 4.39 Å². The zero-order valence-electron chi connectivity index (χ0n) is 11.1. The van der Waals surface area contributed by atoms with Crippen LogP contribution in [0.15, 0.2) is 12.1 Å². The first-order valence-electron chi connectivity index (χ1n) is 6.51. The molecule has 0 bridgehead atoms. The standard InChI is InChI=1S/C14H18Cl2FNO/c1-8(2)13(9-3-4-18-7-9)19-14-11(16)5-10(15)6-12(14)17/h5-6,8-9,13,18H,3-4,7H2,1-2H3. The maximum atomic E-state index is 13.9. The van der Waals surface area contributed by atoms with Crippen LogP contribution in [0.2, 0.25) is 10.0 Å². The van der Waals surface area contributed by atoms with Crippen LogP contribution in [0.1, 0.15) is 20.3 Å². The van der Waals surface area contributed by atoms with Crippen LogP contribution in [0.3, 0.4) is 0 Å². The molecule has 2 atom stereocenters. The van der Waals surface area contributed by atoms with Gasteiger partial charge in [0.15, 0.2) is 11.6 Å². The summed E-state index contributed by atoms with van der Waals surface area (Å²) >= 11 is 11.8. The second kappa shape index (κ2) is 6.29. The highest BCUT2D eigenvalue weighted by Crippen LogP contribution is 2.34. The number of halogens is 3. The van der Waals surface area contributed by atoms with Crippen molar-refractivity contribution >= 4 is 23.2 Å². The second-order valence-electron chi connectivity index (χ2n) is 5.28. The number of ether oxygens (including phenoxy) is 1. The third kappa shape index (κ3) is 3.53. The molecular weight excluding hydrogens is 288 g/mol. The molecule has 1 N–H and O–H groups in total. The lowest BCUT2D eigenvalue weighted by molar-refractivity contribution is 0.0929. The number of hydrogen-bond donors (Lipinski definition) is 1. The molecule has 1 aromatic rings. The molecule has 0 aromatic heterocycles. The lowest BCUT2D eigenvalue weighted by Crippen LogP contribution is -2.33. The van der Waals surface area contributed by atoms with E-state index < -0.39 is 5.82 Å². The van der Waals surface area contributed by atoms with Gasteiger partial charge in [0.05, 0.1) is 5.02 Å². The fourth-order valence-electron chi connectivity index (χ4n) is 2.51. The molecule has 0 spiro atoms. The van der Waals surface area contributed by atoms with Gasteiger partial charge in [0, 0.05) is 17.5 Å². The molecular formula is C14H18Cl2FNO.